The number of hydrogen-bond acceptors (Lipinski definition) is 4. The van der Waals surface area contributed by atoms with Gasteiger partial charge in [0.15, 0.2) is 11.0 Å². The molecule has 1 atom stereocenters. The van der Waals surface area contributed by atoms with Crippen LogP contribution in [-0.4, -0.2) is 0 Å². The monoisotopic (exact) mass is 1010 g/mol. The minimum Gasteiger partial charge on any atom is -0.454 e. The molecule has 0 radical (unpaired) electrons. The van der Waals surface area contributed by atoms with Crippen LogP contribution >= 0.6 is 0 Å². The minimum absolute atomic E-state index is 0.511. The Morgan fingerprint density at radius 3 is 1.72 bits per heavy atom. The summed E-state index contributed by atoms with van der Waals surface area (Å²) in [5.41, 5.74) is 24.1. The highest BCUT2D eigenvalue weighted by Crippen LogP contribution is 2.66. The maximum Gasteiger partial charge on any atom is 0.159 e. The van der Waals surface area contributed by atoms with E-state index in [0.29, 0.717) is 12.8 Å². The first kappa shape index (κ1) is 45.1. The summed E-state index contributed by atoms with van der Waals surface area (Å²) in [7, 11) is 0. The zero-order chi connectivity index (χ0) is 52.0. The molecule has 2 aromatic heterocycles. The molecule has 4 aliphatic carbocycles. The molecule has 10 aromatic carbocycles. The van der Waals surface area contributed by atoms with Crippen LogP contribution in [0, 0.1) is 11.8 Å². The molecule has 2 heterocycles. The quantitative estimate of drug-likeness (QED) is 0.142. The molecule has 1 unspecified atom stereocenters. The van der Waals surface area contributed by atoms with Crippen LogP contribution in [-0.2, 0) is 5.41 Å². The molecule has 0 bridgehead atoms. The molecule has 0 N–H and O–H groups in total. The molecule has 0 fully saturated rings. The summed E-state index contributed by atoms with van der Waals surface area (Å²) in [6.07, 6.45) is 10.1. The number of furan rings is 2. The van der Waals surface area contributed by atoms with Gasteiger partial charge in [-0.25, -0.2) is 0 Å². The van der Waals surface area contributed by atoms with Gasteiger partial charge in [-0.05, 0) is 123 Å². The topological polar surface area (TPSA) is 32.8 Å². The number of hydrogen-bond donors (Lipinski definition) is 0. The molecule has 4 aliphatic rings. The summed E-state index contributed by atoms with van der Waals surface area (Å²) in [6, 6.07) is 86.0. The zero-order valence-corrected chi connectivity index (χ0v) is 43.3. The standard InChI is InChI=1S/C75H50N2O2/c1-4-21-49(22-5-1)51-41-45-53(46-42-51)76(67-35-9-3-8-27-57-55-25-12-16-39-69(55)78-73(57)67)65-36-19-33-63-71(65)59-28-10-14-31-61(59)75(63)62-32-15-11-29-60(62)72-64(75)34-20-37-66(72)77(54-47-43-52(44-48-54)50-23-6-2-7-24-50)68-38-18-30-58-56-26-13-17-40-70(56)79-74(58)68/h1-2,4-7,11-27,29-34,36-48H,8,10,28,35H2/b57-27-,73-67-. The molecule has 0 saturated carbocycles. The summed E-state index contributed by atoms with van der Waals surface area (Å²) in [5.74, 6) is 7.10. The molecule has 1 spiro atoms. The van der Waals surface area contributed by atoms with Crippen LogP contribution in [0.2, 0.25) is 0 Å². The number of para-hydroxylation sites is 3. The number of fused-ring (bicyclic) bond motifs is 15. The van der Waals surface area contributed by atoms with Gasteiger partial charge < -0.3 is 18.6 Å². The molecule has 0 saturated heterocycles. The molecule has 0 amide bonds. The van der Waals surface area contributed by atoms with Crippen LogP contribution < -0.4 is 20.4 Å². The number of anilines is 5. The molecule has 79 heavy (non-hydrogen) atoms. The van der Waals surface area contributed by atoms with Crippen molar-refractivity contribution in [1.82, 2.24) is 0 Å². The maximum absolute atomic E-state index is 7.04. The van der Waals surface area contributed by atoms with E-state index < -0.39 is 5.41 Å². The minimum atomic E-state index is -0.639. The Kier molecular flexibility index (Phi) is 10.3. The average Bonchev–Trinajstić information content (AvgIpc) is 2.96. The second kappa shape index (κ2) is 18.0. The summed E-state index contributed by atoms with van der Waals surface area (Å²) < 4.78 is 14.0. The molecule has 4 nitrogen and oxygen atoms in total. The van der Waals surface area contributed by atoms with Gasteiger partial charge in [0.05, 0.1) is 34.6 Å². The van der Waals surface area contributed by atoms with E-state index in [2.05, 4.69) is 276 Å². The predicted octanol–water partition coefficient (Wildman–Crippen LogP) is 18.1. The third-order valence-electron chi connectivity index (χ3n) is 16.9. The van der Waals surface area contributed by atoms with E-state index in [1.807, 2.05) is 0 Å². The Bertz CT molecular complexity index is 4720. The lowest BCUT2D eigenvalue weighted by Crippen LogP contribution is -2.31. The highest BCUT2D eigenvalue weighted by molar-refractivity contribution is 6.12. The van der Waals surface area contributed by atoms with E-state index >= 15 is 0 Å². The highest BCUT2D eigenvalue weighted by atomic mass is 16.3. The van der Waals surface area contributed by atoms with Crippen molar-refractivity contribution in [3.05, 3.63) is 287 Å². The fourth-order valence-electron chi connectivity index (χ4n) is 13.6. The average molecular weight is 1010 g/mol. The third-order valence-corrected chi connectivity index (χ3v) is 16.9. The van der Waals surface area contributed by atoms with Gasteiger partial charge in [0.2, 0.25) is 0 Å². The van der Waals surface area contributed by atoms with E-state index in [9.17, 15) is 0 Å². The second-order valence-corrected chi connectivity index (χ2v) is 21.0. The first-order chi connectivity index (χ1) is 39.2. The van der Waals surface area contributed by atoms with Gasteiger partial charge in [-0.1, -0.05) is 212 Å². The molecule has 12 aromatic rings. The molecule has 16 rings (SSSR count). The van der Waals surface area contributed by atoms with Crippen molar-refractivity contribution < 1.29 is 8.83 Å². The fourth-order valence-corrected chi connectivity index (χ4v) is 13.6. The van der Waals surface area contributed by atoms with Crippen molar-refractivity contribution in [2.24, 2.45) is 0 Å². The number of nitrogens with zero attached hydrogens (tertiary/aromatic N) is 2. The maximum atomic E-state index is 7.04. The SMILES string of the molecule is C1#CC/C(N(c2ccc(-c3ccccc3)cc2)c2cccc3c2C2=C(C=CCC2)C32c3ccccc3-c3c(N(c4ccc(-c5ccccc5)cc4)c4cccc5c4oc4ccccc45)cccc32)=c2/oc3ccccc3/c2=C/C1. The first-order valence-corrected chi connectivity index (χ1v) is 27.5. The van der Waals surface area contributed by atoms with Crippen molar-refractivity contribution >= 4 is 78.7 Å². The van der Waals surface area contributed by atoms with Crippen LogP contribution in [0.4, 0.5) is 28.4 Å². The lowest BCUT2D eigenvalue weighted by molar-refractivity contribution is 0.569. The lowest BCUT2D eigenvalue weighted by Gasteiger charge is -2.34. The van der Waals surface area contributed by atoms with Gasteiger partial charge in [0.25, 0.3) is 0 Å². The van der Waals surface area contributed by atoms with E-state index in [0.717, 1.165) is 102 Å². The third kappa shape index (κ3) is 6.83. The predicted molar refractivity (Wildman–Crippen MR) is 325 cm³/mol. The zero-order valence-electron chi connectivity index (χ0n) is 43.3. The molecule has 0 aliphatic heterocycles. The van der Waals surface area contributed by atoms with Crippen LogP contribution in [0.25, 0.3) is 83.6 Å². The van der Waals surface area contributed by atoms with Crippen LogP contribution in [0.5, 0.6) is 0 Å². The van der Waals surface area contributed by atoms with Crippen LogP contribution in [0.15, 0.2) is 263 Å². The van der Waals surface area contributed by atoms with Gasteiger partial charge >= 0.3 is 0 Å². The van der Waals surface area contributed by atoms with Crippen molar-refractivity contribution in [2.75, 3.05) is 9.80 Å². The fraction of sp³-hybridized carbons (Fsp3) is 0.0667. The molecule has 372 valence electrons. The Labute approximate surface area is 458 Å². The van der Waals surface area contributed by atoms with E-state index in [-0.39, 0.29) is 0 Å². The van der Waals surface area contributed by atoms with Gasteiger partial charge in [-0.15, -0.1) is 0 Å². The number of allylic oxidation sites excluding steroid dienone is 4. The number of rotatable bonds is 8. The summed E-state index contributed by atoms with van der Waals surface area (Å²) in [4.78, 5) is 4.93. The Morgan fingerprint density at radius 1 is 0.430 bits per heavy atom. The number of benzene rings is 10. The van der Waals surface area contributed by atoms with E-state index in [1.54, 1.807) is 0 Å². The summed E-state index contributed by atoms with van der Waals surface area (Å²) in [5, 5.41) is 4.39. The van der Waals surface area contributed by atoms with Gasteiger partial charge in [0, 0.05) is 50.3 Å². The van der Waals surface area contributed by atoms with Crippen LogP contribution in [0.3, 0.4) is 0 Å². The Hall–Kier alpha value is -10.1. The van der Waals surface area contributed by atoms with Crippen LogP contribution in [0.1, 0.15) is 47.9 Å². The highest BCUT2D eigenvalue weighted by Gasteiger charge is 2.54. The second-order valence-electron chi connectivity index (χ2n) is 21.0. The van der Waals surface area contributed by atoms with E-state index in [1.165, 1.54) is 55.7 Å². The molecule has 4 heteroatoms. The largest absolute Gasteiger partial charge is 0.454 e. The lowest BCUT2D eigenvalue weighted by atomic mass is 9.69. The summed E-state index contributed by atoms with van der Waals surface area (Å²) >= 11 is 0. The Morgan fingerprint density at radius 2 is 0.987 bits per heavy atom. The van der Waals surface area contributed by atoms with Gasteiger partial charge in [0.1, 0.15) is 11.2 Å². The van der Waals surface area contributed by atoms with E-state index in [4.69, 9.17) is 8.83 Å². The molecular weight excluding hydrogens is 961 g/mol. The smallest absolute Gasteiger partial charge is 0.159 e. The van der Waals surface area contributed by atoms with Crippen molar-refractivity contribution in [3.63, 3.8) is 0 Å². The molecular formula is C75H50N2O2. The van der Waals surface area contributed by atoms with Gasteiger partial charge in [-0.2, -0.15) is 0 Å². The Balaban J connectivity index is 0.960. The summed E-state index contributed by atoms with van der Waals surface area (Å²) in [6.45, 7) is 0. The van der Waals surface area contributed by atoms with Crippen molar-refractivity contribution in [3.8, 4) is 45.2 Å². The van der Waals surface area contributed by atoms with Crippen molar-refractivity contribution in [2.45, 2.75) is 31.1 Å². The van der Waals surface area contributed by atoms with Gasteiger partial charge in [-0.3, -0.25) is 0 Å². The first-order valence-electron chi connectivity index (χ1n) is 27.5. The van der Waals surface area contributed by atoms with Crippen molar-refractivity contribution in [1.29, 1.82) is 0 Å². The normalized spacial score (nSPS) is 16.8.